The number of nitrogens with zero attached hydrogens (tertiary/aromatic N) is 3. The Morgan fingerprint density at radius 3 is 2.00 bits per heavy atom. The summed E-state index contributed by atoms with van der Waals surface area (Å²) in [6.45, 7) is 3.90. The van der Waals surface area contributed by atoms with Crippen LogP contribution in [0, 0.1) is 13.8 Å². The number of aryl methyl sites for hydroxylation is 2. The van der Waals surface area contributed by atoms with Gasteiger partial charge in [0.25, 0.3) is 0 Å². The smallest absolute Gasteiger partial charge is 0.134 e. The molecule has 0 spiro atoms. The second kappa shape index (κ2) is 3.73. The lowest BCUT2D eigenvalue weighted by Gasteiger charge is -2.07. The normalized spacial score (nSPS) is 10.3. The molecule has 4 nitrogen and oxygen atoms in total. The second-order valence-corrected chi connectivity index (χ2v) is 3.43. The van der Waals surface area contributed by atoms with Crippen molar-refractivity contribution in [1.82, 2.24) is 14.8 Å². The lowest BCUT2D eigenvalue weighted by molar-refractivity contribution is 0.938. The summed E-state index contributed by atoms with van der Waals surface area (Å²) in [6, 6.07) is 8.17. The van der Waals surface area contributed by atoms with Gasteiger partial charge < -0.3 is 5.32 Å². The molecule has 0 saturated carbocycles. The predicted octanol–water partition coefficient (Wildman–Crippen LogP) is 1.93. The Hall–Kier alpha value is -1.84. The summed E-state index contributed by atoms with van der Waals surface area (Å²) in [5.41, 5.74) is 2.19. The topological polar surface area (TPSA) is 42.7 Å². The van der Waals surface area contributed by atoms with Crippen molar-refractivity contribution in [1.29, 1.82) is 0 Å². The molecular formula is C11H14N4. The summed E-state index contributed by atoms with van der Waals surface area (Å²) in [5, 5.41) is 11.2. The third-order valence-corrected chi connectivity index (χ3v) is 2.40. The highest BCUT2D eigenvalue weighted by molar-refractivity contribution is 5.48. The van der Waals surface area contributed by atoms with Gasteiger partial charge in [-0.15, -0.1) is 10.2 Å². The van der Waals surface area contributed by atoms with Crippen LogP contribution in [0.25, 0.3) is 5.69 Å². The number of rotatable bonds is 2. The van der Waals surface area contributed by atoms with Crippen LogP contribution in [0.4, 0.5) is 5.69 Å². The van der Waals surface area contributed by atoms with Gasteiger partial charge in [-0.3, -0.25) is 4.57 Å². The van der Waals surface area contributed by atoms with E-state index >= 15 is 0 Å². The van der Waals surface area contributed by atoms with E-state index in [0.29, 0.717) is 0 Å². The fourth-order valence-electron chi connectivity index (χ4n) is 1.62. The van der Waals surface area contributed by atoms with Crippen molar-refractivity contribution < 1.29 is 0 Å². The average Bonchev–Trinajstić information content (AvgIpc) is 2.59. The van der Waals surface area contributed by atoms with Crippen LogP contribution < -0.4 is 5.32 Å². The molecule has 1 heterocycles. The van der Waals surface area contributed by atoms with E-state index in [-0.39, 0.29) is 0 Å². The monoisotopic (exact) mass is 202 g/mol. The summed E-state index contributed by atoms with van der Waals surface area (Å²) in [4.78, 5) is 0. The molecule has 2 aromatic rings. The Morgan fingerprint density at radius 2 is 1.53 bits per heavy atom. The van der Waals surface area contributed by atoms with Gasteiger partial charge in [0.1, 0.15) is 11.6 Å². The van der Waals surface area contributed by atoms with Gasteiger partial charge in [-0.25, -0.2) is 0 Å². The van der Waals surface area contributed by atoms with E-state index in [1.807, 2.05) is 37.6 Å². The van der Waals surface area contributed by atoms with Crippen molar-refractivity contribution >= 4 is 5.69 Å². The van der Waals surface area contributed by atoms with Gasteiger partial charge in [-0.1, -0.05) is 0 Å². The minimum Gasteiger partial charge on any atom is -0.388 e. The van der Waals surface area contributed by atoms with E-state index in [2.05, 4.69) is 27.6 Å². The Labute approximate surface area is 89.0 Å². The first-order valence-electron chi connectivity index (χ1n) is 4.89. The van der Waals surface area contributed by atoms with E-state index in [9.17, 15) is 0 Å². The zero-order valence-electron chi connectivity index (χ0n) is 9.15. The minimum absolute atomic E-state index is 0.907. The molecule has 0 atom stereocenters. The SMILES string of the molecule is CNc1ccc(-n2c(C)nnc2C)cc1. The molecular weight excluding hydrogens is 188 g/mol. The van der Waals surface area contributed by atoms with Gasteiger partial charge in [0.05, 0.1) is 0 Å². The van der Waals surface area contributed by atoms with Gasteiger partial charge in [0.2, 0.25) is 0 Å². The van der Waals surface area contributed by atoms with E-state index in [4.69, 9.17) is 0 Å². The van der Waals surface area contributed by atoms with Crippen LogP contribution in [0.2, 0.25) is 0 Å². The summed E-state index contributed by atoms with van der Waals surface area (Å²) >= 11 is 0. The fraction of sp³-hybridized carbons (Fsp3) is 0.273. The van der Waals surface area contributed by atoms with Crippen molar-refractivity contribution in [2.45, 2.75) is 13.8 Å². The predicted molar refractivity (Wildman–Crippen MR) is 60.4 cm³/mol. The number of nitrogens with one attached hydrogen (secondary N) is 1. The number of anilines is 1. The molecule has 0 amide bonds. The van der Waals surface area contributed by atoms with Gasteiger partial charge in [-0.05, 0) is 38.1 Å². The van der Waals surface area contributed by atoms with E-state index in [1.54, 1.807) is 0 Å². The maximum atomic E-state index is 4.03. The van der Waals surface area contributed by atoms with Crippen LogP contribution in [0.5, 0.6) is 0 Å². The van der Waals surface area contributed by atoms with Crippen LogP contribution in [0.15, 0.2) is 24.3 Å². The zero-order chi connectivity index (χ0) is 10.8. The van der Waals surface area contributed by atoms with Gasteiger partial charge >= 0.3 is 0 Å². The molecule has 0 unspecified atom stereocenters. The van der Waals surface area contributed by atoms with Crippen LogP contribution in [-0.2, 0) is 0 Å². The highest BCUT2D eigenvalue weighted by atomic mass is 15.3. The molecule has 15 heavy (non-hydrogen) atoms. The van der Waals surface area contributed by atoms with Crippen LogP contribution in [-0.4, -0.2) is 21.8 Å². The first kappa shape index (κ1) is 9.71. The molecule has 0 saturated heterocycles. The van der Waals surface area contributed by atoms with Gasteiger partial charge in [-0.2, -0.15) is 0 Å². The van der Waals surface area contributed by atoms with Gasteiger partial charge in [0.15, 0.2) is 0 Å². The van der Waals surface area contributed by atoms with Crippen molar-refractivity contribution in [2.24, 2.45) is 0 Å². The molecule has 0 fully saturated rings. The Balaban J connectivity index is 2.45. The lowest BCUT2D eigenvalue weighted by Crippen LogP contribution is -1.99. The highest BCUT2D eigenvalue weighted by Crippen LogP contribution is 2.15. The molecule has 4 heteroatoms. The molecule has 0 aliphatic heterocycles. The molecule has 0 bridgehead atoms. The number of hydrogen-bond donors (Lipinski definition) is 1. The fourth-order valence-corrected chi connectivity index (χ4v) is 1.62. The van der Waals surface area contributed by atoms with E-state index in [1.165, 1.54) is 0 Å². The summed E-state index contributed by atoms with van der Waals surface area (Å²) in [7, 11) is 1.91. The molecule has 0 aliphatic rings. The molecule has 1 aromatic heterocycles. The third-order valence-electron chi connectivity index (χ3n) is 2.40. The molecule has 2 rings (SSSR count). The molecule has 0 radical (unpaired) electrons. The van der Waals surface area contributed by atoms with Crippen LogP contribution in [0.3, 0.4) is 0 Å². The highest BCUT2D eigenvalue weighted by Gasteiger charge is 2.05. The van der Waals surface area contributed by atoms with Crippen LogP contribution >= 0.6 is 0 Å². The quantitative estimate of drug-likeness (QED) is 0.809. The van der Waals surface area contributed by atoms with Crippen molar-refractivity contribution in [3.05, 3.63) is 35.9 Å². The average molecular weight is 202 g/mol. The number of benzene rings is 1. The molecule has 78 valence electrons. The van der Waals surface area contributed by atoms with Gasteiger partial charge in [0, 0.05) is 18.4 Å². The first-order chi connectivity index (χ1) is 7.22. The molecule has 1 aromatic carbocycles. The van der Waals surface area contributed by atoms with Crippen molar-refractivity contribution in [2.75, 3.05) is 12.4 Å². The third kappa shape index (κ3) is 1.70. The van der Waals surface area contributed by atoms with Crippen molar-refractivity contribution in [3.63, 3.8) is 0 Å². The summed E-state index contributed by atoms with van der Waals surface area (Å²) in [5.74, 6) is 1.81. The van der Waals surface area contributed by atoms with Crippen LogP contribution in [0.1, 0.15) is 11.6 Å². The van der Waals surface area contributed by atoms with E-state index < -0.39 is 0 Å². The zero-order valence-corrected chi connectivity index (χ0v) is 9.15. The maximum Gasteiger partial charge on any atom is 0.134 e. The van der Waals surface area contributed by atoms with Crippen molar-refractivity contribution in [3.8, 4) is 5.69 Å². The summed E-state index contributed by atoms with van der Waals surface area (Å²) < 4.78 is 2.03. The number of aromatic nitrogens is 3. The lowest BCUT2D eigenvalue weighted by atomic mass is 10.2. The molecule has 0 aliphatic carbocycles. The summed E-state index contributed by atoms with van der Waals surface area (Å²) in [6.07, 6.45) is 0. The largest absolute Gasteiger partial charge is 0.388 e. The maximum absolute atomic E-state index is 4.03. The molecule has 1 N–H and O–H groups in total. The Kier molecular flexibility index (Phi) is 2.41. The first-order valence-corrected chi connectivity index (χ1v) is 4.89. The van der Waals surface area contributed by atoms with E-state index in [0.717, 1.165) is 23.0 Å². The Morgan fingerprint density at radius 1 is 1.00 bits per heavy atom. The minimum atomic E-state index is 0.907. The second-order valence-electron chi connectivity index (χ2n) is 3.43. The Bertz CT molecular complexity index is 436. The number of hydrogen-bond acceptors (Lipinski definition) is 3. The standard InChI is InChI=1S/C11H14N4/c1-8-13-14-9(2)15(8)11-6-4-10(12-3)5-7-11/h4-7,12H,1-3H3.